The Bertz CT molecular complexity index is 3910. The Morgan fingerprint density at radius 3 is 1.52 bits per heavy atom. The summed E-state index contributed by atoms with van der Waals surface area (Å²) in [7, 11) is 0. The van der Waals surface area contributed by atoms with E-state index < -0.39 is 0 Å². The van der Waals surface area contributed by atoms with Crippen LogP contribution in [0.5, 0.6) is 0 Å². The molecule has 10 aromatic carbocycles. The van der Waals surface area contributed by atoms with Crippen LogP contribution >= 0.6 is 22.7 Å². The van der Waals surface area contributed by atoms with Gasteiger partial charge in [-0.15, -0.1) is 22.7 Å². The monoisotopic (exact) mass is 923 g/mol. The highest BCUT2D eigenvalue weighted by molar-refractivity contribution is 7.26. The first-order valence-corrected chi connectivity index (χ1v) is 25.7. The van der Waals surface area contributed by atoms with Crippen LogP contribution in [0.3, 0.4) is 0 Å². The maximum Gasteiger partial charge on any atom is 0.0540 e. The molecule has 0 aliphatic heterocycles. The van der Waals surface area contributed by atoms with E-state index in [1.54, 1.807) is 0 Å². The van der Waals surface area contributed by atoms with Gasteiger partial charge >= 0.3 is 0 Å². The van der Waals surface area contributed by atoms with Gasteiger partial charge in [0.2, 0.25) is 0 Å². The van der Waals surface area contributed by atoms with Gasteiger partial charge in [-0.2, -0.15) is 0 Å². The van der Waals surface area contributed by atoms with Gasteiger partial charge in [0.1, 0.15) is 0 Å². The van der Waals surface area contributed by atoms with Crippen LogP contribution in [0.25, 0.3) is 95.6 Å². The lowest BCUT2D eigenvalue weighted by atomic mass is 9.78. The second-order valence-corrected chi connectivity index (χ2v) is 22.6. The lowest BCUT2D eigenvalue weighted by molar-refractivity contribution is 0.569. The van der Waals surface area contributed by atoms with E-state index in [0.717, 1.165) is 17.1 Å². The second kappa shape index (κ2) is 16.7. The molecule has 69 heavy (non-hydrogen) atoms. The van der Waals surface area contributed by atoms with E-state index in [-0.39, 0.29) is 10.8 Å². The number of fused-ring (bicyclic) bond motifs is 7. The first-order chi connectivity index (χ1) is 33.5. The van der Waals surface area contributed by atoms with Crippen LogP contribution in [0.1, 0.15) is 52.7 Å². The van der Waals surface area contributed by atoms with E-state index in [1.165, 1.54) is 107 Å². The summed E-state index contributed by atoms with van der Waals surface area (Å²) in [6.07, 6.45) is 0. The van der Waals surface area contributed by atoms with Crippen molar-refractivity contribution < 1.29 is 0 Å². The topological polar surface area (TPSA) is 3.24 Å². The van der Waals surface area contributed by atoms with Gasteiger partial charge < -0.3 is 4.90 Å². The highest BCUT2D eigenvalue weighted by atomic mass is 32.1. The minimum absolute atomic E-state index is 0.0132. The fraction of sp³-hybridized carbons (Fsp3) is 0.121. The lowest BCUT2D eigenvalue weighted by Crippen LogP contribution is -2.16. The Morgan fingerprint density at radius 2 is 0.826 bits per heavy atom. The molecule has 0 unspecified atom stereocenters. The van der Waals surface area contributed by atoms with Crippen LogP contribution in [0.2, 0.25) is 0 Å². The maximum absolute atomic E-state index is 2.53. The molecular formula is C66H53NS2. The molecule has 0 atom stereocenters. The van der Waals surface area contributed by atoms with E-state index in [2.05, 4.69) is 259 Å². The van der Waals surface area contributed by atoms with Gasteiger partial charge in [-0.25, -0.2) is 0 Å². The van der Waals surface area contributed by atoms with Crippen molar-refractivity contribution in [2.24, 2.45) is 0 Å². The summed E-state index contributed by atoms with van der Waals surface area (Å²) in [5.41, 5.74) is 15.7. The van der Waals surface area contributed by atoms with E-state index in [4.69, 9.17) is 0 Å². The molecule has 12 aromatic rings. The van der Waals surface area contributed by atoms with Gasteiger partial charge in [-0.1, -0.05) is 211 Å². The molecule has 2 aromatic heterocycles. The van der Waals surface area contributed by atoms with E-state index >= 15 is 0 Å². The first kappa shape index (κ1) is 43.0. The van der Waals surface area contributed by atoms with Gasteiger partial charge in [-0.05, 0) is 103 Å². The van der Waals surface area contributed by atoms with Crippen LogP contribution in [0.15, 0.2) is 212 Å². The molecule has 0 fully saturated rings. The molecule has 12 rings (SSSR count). The van der Waals surface area contributed by atoms with Crippen molar-refractivity contribution >= 4 is 90.9 Å². The van der Waals surface area contributed by atoms with Crippen LogP contribution in [-0.2, 0) is 10.8 Å². The lowest BCUT2D eigenvalue weighted by Gasteiger charge is -2.31. The number of anilines is 3. The Morgan fingerprint density at radius 1 is 0.333 bits per heavy atom. The molecule has 0 radical (unpaired) electrons. The predicted octanol–water partition coefficient (Wildman–Crippen LogP) is 20.3. The van der Waals surface area contributed by atoms with E-state index in [0.29, 0.717) is 0 Å². The third-order valence-electron chi connectivity index (χ3n) is 14.0. The van der Waals surface area contributed by atoms with Crippen molar-refractivity contribution in [3.63, 3.8) is 0 Å². The number of hydrogen-bond donors (Lipinski definition) is 0. The summed E-state index contributed by atoms with van der Waals surface area (Å²) in [6.45, 7) is 14.0. The number of nitrogens with zero attached hydrogens (tertiary/aromatic N) is 1. The minimum Gasteiger partial charge on any atom is -0.309 e. The third-order valence-corrected chi connectivity index (χ3v) is 16.3. The number of para-hydroxylation sites is 2. The van der Waals surface area contributed by atoms with Gasteiger partial charge in [0.25, 0.3) is 0 Å². The Balaban J connectivity index is 1.13. The minimum atomic E-state index is -0.0132. The van der Waals surface area contributed by atoms with Gasteiger partial charge in [0, 0.05) is 62.7 Å². The molecule has 0 bridgehead atoms. The van der Waals surface area contributed by atoms with Crippen molar-refractivity contribution in [1.29, 1.82) is 0 Å². The smallest absolute Gasteiger partial charge is 0.0540 e. The average Bonchev–Trinajstić information content (AvgIpc) is 3.95. The van der Waals surface area contributed by atoms with Gasteiger partial charge in [0.05, 0.1) is 11.4 Å². The average molecular weight is 924 g/mol. The quantitative estimate of drug-likeness (QED) is 0.154. The molecule has 0 N–H and O–H groups in total. The van der Waals surface area contributed by atoms with Crippen LogP contribution in [0, 0.1) is 0 Å². The molecule has 1 nitrogen and oxygen atoms in total. The molecular weight excluding hydrogens is 871 g/mol. The molecule has 0 aliphatic rings. The molecule has 334 valence electrons. The SMILES string of the molecule is CC(C)(C)c1cc(-c2cccc3cccc(-c4ccccc4N(c4cccc(-c5cccc6sc7ccccc7c56)c4)c4ccccc4-c4cccc5c4sc4ccccc45)c23)cc(C(C)(C)C)c1. The van der Waals surface area contributed by atoms with Gasteiger partial charge in [-0.3, -0.25) is 0 Å². The summed E-state index contributed by atoms with van der Waals surface area (Å²) in [4.78, 5) is 2.53. The van der Waals surface area contributed by atoms with Crippen LogP contribution in [0.4, 0.5) is 17.1 Å². The number of rotatable bonds is 7. The molecule has 0 aliphatic carbocycles. The zero-order chi connectivity index (χ0) is 47.0. The van der Waals surface area contributed by atoms with E-state index in [1.807, 2.05) is 22.7 Å². The summed E-state index contributed by atoms with van der Waals surface area (Å²) in [6, 6.07) is 79.6. The van der Waals surface area contributed by atoms with Gasteiger partial charge in [0.15, 0.2) is 0 Å². The molecule has 0 saturated heterocycles. The largest absolute Gasteiger partial charge is 0.309 e. The summed E-state index contributed by atoms with van der Waals surface area (Å²) in [5, 5.41) is 7.69. The number of thiophene rings is 2. The highest BCUT2D eigenvalue weighted by Crippen LogP contribution is 2.50. The zero-order valence-corrected chi connectivity index (χ0v) is 41.6. The predicted molar refractivity (Wildman–Crippen MR) is 304 cm³/mol. The Labute approximate surface area is 413 Å². The van der Waals surface area contributed by atoms with Crippen molar-refractivity contribution in [1.82, 2.24) is 0 Å². The second-order valence-electron chi connectivity index (χ2n) is 20.5. The summed E-state index contributed by atoms with van der Waals surface area (Å²) >= 11 is 3.76. The van der Waals surface area contributed by atoms with Crippen LogP contribution < -0.4 is 4.90 Å². The van der Waals surface area contributed by atoms with Crippen molar-refractivity contribution in [3.05, 3.63) is 223 Å². The third kappa shape index (κ3) is 7.53. The highest BCUT2D eigenvalue weighted by Gasteiger charge is 2.26. The maximum atomic E-state index is 2.53. The van der Waals surface area contributed by atoms with Crippen molar-refractivity contribution in [3.8, 4) is 44.5 Å². The first-order valence-electron chi connectivity index (χ1n) is 24.1. The Hall–Kier alpha value is -7.30. The zero-order valence-electron chi connectivity index (χ0n) is 40.0. The number of benzene rings is 10. The number of hydrogen-bond acceptors (Lipinski definition) is 3. The molecule has 3 heteroatoms. The summed E-state index contributed by atoms with van der Waals surface area (Å²) in [5.74, 6) is 0. The molecule has 0 amide bonds. The van der Waals surface area contributed by atoms with Crippen LogP contribution in [-0.4, -0.2) is 0 Å². The molecule has 0 saturated carbocycles. The van der Waals surface area contributed by atoms with Crippen molar-refractivity contribution in [2.75, 3.05) is 4.90 Å². The fourth-order valence-electron chi connectivity index (χ4n) is 10.4. The molecule has 2 heterocycles. The summed E-state index contributed by atoms with van der Waals surface area (Å²) < 4.78 is 5.22. The van der Waals surface area contributed by atoms with E-state index in [9.17, 15) is 0 Å². The normalized spacial score (nSPS) is 12.2. The standard InChI is InChI=1S/C66H53NS2/c1-65(2,3)45-38-44(39-46(41-45)66(4,5)6)49-28-16-20-42-21-17-30-53(62(42)49)50-24-7-11-33-57(50)67(47-23-15-22-43(40-47)48-29-19-37-61-63(48)56-27-10-14-36-60(56)68-61)58-34-12-8-25-51(58)54-31-18-32-55-52-26-9-13-35-59(52)69-64(54)55/h7-41H,1-6H3. The fourth-order valence-corrected chi connectivity index (χ4v) is 12.8. The Kier molecular flexibility index (Phi) is 10.4. The van der Waals surface area contributed by atoms with Crippen molar-refractivity contribution in [2.45, 2.75) is 52.4 Å². The molecule has 0 spiro atoms.